The van der Waals surface area contributed by atoms with Gasteiger partial charge in [0.1, 0.15) is 23.7 Å². The summed E-state index contributed by atoms with van der Waals surface area (Å²) in [4.78, 5) is 71.7. The van der Waals surface area contributed by atoms with E-state index in [1.54, 1.807) is 6.92 Å². The molecule has 5 aromatic rings. The number of imidazole rings is 2. The van der Waals surface area contributed by atoms with Gasteiger partial charge in [-0.25, -0.2) is 19.6 Å². The van der Waals surface area contributed by atoms with E-state index in [9.17, 15) is 19.2 Å². The molecule has 4 N–H and O–H groups in total. The summed E-state index contributed by atoms with van der Waals surface area (Å²) in [5, 5.41) is 5.37. The number of alkyl carbamates (subject to hydrolysis) is 2. The largest absolute Gasteiger partial charge is 0.453 e. The Balaban J connectivity index is 0.995. The Bertz CT molecular complexity index is 2400. The number of aromatic nitrogens is 4. The van der Waals surface area contributed by atoms with Crippen LogP contribution in [-0.4, -0.2) is 114 Å². The van der Waals surface area contributed by atoms with Gasteiger partial charge < -0.3 is 44.6 Å². The van der Waals surface area contributed by atoms with Gasteiger partial charge in [-0.1, -0.05) is 99.7 Å². The molecule has 16 heteroatoms. The lowest BCUT2D eigenvalue weighted by Gasteiger charge is -2.31. The summed E-state index contributed by atoms with van der Waals surface area (Å²) in [7, 11) is 2.29. The average Bonchev–Trinajstić information content (AvgIpc) is 4.13. The molecule has 4 heterocycles. The minimum Gasteiger partial charge on any atom is -0.453 e. The Morgan fingerprint density at radius 1 is 0.651 bits per heavy atom. The molecule has 0 radical (unpaired) electrons. The van der Waals surface area contributed by atoms with Crippen molar-refractivity contribution in [1.82, 2.24) is 40.4 Å². The Kier molecular flexibility index (Phi) is 13.5. The van der Waals surface area contributed by atoms with Crippen molar-refractivity contribution >= 4 is 32.1 Å². The summed E-state index contributed by atoms with van der Waals surface area (Å²) in [5.41, 5.74) is 8.02. The van der Waals surface area contributed by atoms with Gasteiger partial charge >= 0.3 is 12.2 Å². The van der Waals surface area contributed by atoms with Crippen molar-refractivity contribution in [2.45, 2.75) is 83.0 Å². The molecule has 4 amide bonds. The third kappa shape index (κ3) is 9.86. The van der Waals surface area contributed by atoms with Gasteiger partial charge in [-0.2, -0.15) is 0 Å². The van der Waals surface area contributed by atoms with Gasteiger partial charge in [0.15, 0.2) is 0 Å². The molecule has 2 fully saturated rings. The molecule has 63 heavy (non-hydrogen) atoms. The van der Waals surface area contributed by atoms with Crippen LogP contribution in [0.1, 0.15) is 57.3 Å². The number of likely N-dealkylation sites (tertiary alicyclic amines) is 1. The number of aromatic amines is 2. The van der Waals surface area contributed by atoms with E-state index in [1.165, 1.54) is 21.3 Å². The fourth-order valence-corrected chi connectivity index (χ4v) is 11.6. The molecule has 2 saturated heterocycles. The van der Waals surface area contributed by atoms with Crippen molar-refractivity contribution in [1.29, 1.82) is 0 Å². The van der Waals surface area contributed by atoms with E-state index in [4.69, 9.17) is 19.2 Å². The van der Waals surface area contributed by atoms with Crippen LogP contribution < -0.4 is 10.6 Å². The molecule has 5 atom stereocenters. The van der Waals surface area contributed by atoms with E-state index in [0.717, 1.165) is 75.3 Å². The lowest BCUT2D eigenvalue weighted by atomic mass is 9.98. The number of amides is 4. The first-order valence-corrected chi connectivity index (χ1v) is 24.9. The van der Waals surface area contributed by atoms with Gasteiger partial charge in [-0.05, 0) is 65.1 Å². The van der Waals surface area contributed by atoms with E-state index in [0.29, 0.717) is 12.7 Å². The molecular weight excluding hydrogens is 817 g/mol. The highest BCUT2D eigenvalue weighted by Crippen LogP contribution is 2.39. The highest BCUT2D eigenvalue weighted by molar-refractivity contribution is 6.78. The molecule has 0 aliphatic carbocycles. The van der Waals surface area contributed by atoms with Crippen molar-refractivity contribution in [2.24, 2.45) is 5.92 Å². The molecule has 1 unspecified atom stereocenters. The van der Waals surface area contributed by atoms with Crippen molar-refractivity contribution < 1.29 is 33.4 Å². The molecule has 332 valence electrons. The van der Waals surface area contributed by atoms with E-state index in [-0.39, 0.29) is 29.8 Å². The topological polar surface area (TPSA) is 184 Å². The van der Waals surface area contributed by atoms with Crippen LogP contribution in [0.5, 0.6) is 0 Å². The number of hydrogen-bond acceptors (Lipinski definition) is 9. The van der Waals surface area contributed by atoms with Crippen LogP contribution >= 0.6 is 0 Å². The van der Waals surface area contributed by atoms with Crippen LogP contribution in [0.25, 0.3) is 44.8 Å². The molecule has 0 bridgehead atoms. The van der Waals surface area contributed by atoms with Crippen molar-refractivity contribution in [3.8, 4) is 44.8 Å². The van der Waals surface area contributed by atoms with Crippen LogP contribution in [0.15, 0.2) is 85.2 Å². The van der Waals surface area contributed by atoms with Crippen molar-refractivity contribution in [3.63, 3.8) is 0 Å². The maximum atomic E-state index is 13.9. The van der Waals surface area contributed by atoms with Gasteiger partial charge in [-0.15, -0.1) is 0 Å². The molecule has 2 aromatic heterocycles. The Hall–Kier alpha value is -6.26. The summed E-state index contributed by atoms with van der Waals surface area (Å²) in [6.07, 6.45) is 4.03. The second-order valence-electron chi connectivity index (χ2n) is 17.5. The Morgan fingerprint density at radius 3 is 1.52 bits per heavy atom. The fraction of sp³-hybridized carbons (Fsp3) is 0.404. The number of H-pyrrole nitrogens is 2. The average molecular weight is 875 g/mol. The summed E-state index contributed by atoms with van der Waals surface area (Å²) in [5.74, 6) is 0.986. The van der Waals surface area contributed by atoms with E-state index >= 15 is 0 Å². The summed E-state index contributed by atoms with van der Waals surface area (Å²) in [6.45, 7) is 10.7. The number of benzene rings is 3. The number of carbonyl (C=O) groups is 4. The summed E-state index contributed by atoms with van der Waals surface area (Å²) >= 11 is 0. The predicted octanol–water partition coefficient (Wildman–Crippen LogP) is 7.74. The molecular formula is C47H58N8O7Si. The molecule has 15 nitrogen and oxygen atoms in total. The first-order valence-electron chi connectivity index (χ1n) is 21.4. The molecule has 3 aromatic carbocycles. The first kappa shape index (κ1) is 44.8. The van der Waals surface area contributed by atoms with Gasteiger partial charge in [0, 0.05) is 19.8 Å². The van der Waals surface area contributed by atoms with E-state index in [1.807, 2.05) is 36.0 Å². The van der Waals surface area contributed by atoms with Crippen LogP contribution in [0.4, 0.5) is 9.59 Å². The highest BCUT2D eigenvalue weighted by atomic mass is 28.3. The smallest absolute Gasteiger partial charge is 0.407 e. The van der Waals surface area contributed by atoms with Crippen molar-refractivity contribution in [3.05, 3.63) is 96.8 Å². The normalized spacial score (nSPS) is 18.5. The summed E-state index contributed by atoms with van der Waals surface area (Å²) in [6, 6.07) is 23.9. The van der Waals surface area contributed by atoms with Gasteiger partial charge in [-0.3, -0.25) is 9.59 Å². The molecule has 0 saturated carbocycles. The number of rotatable bonds is 13. The lowest BCUT2D eigenvalue weighted by molar-refractivity contribution is -0.137. The number of hydrogen-bond donors (Lipinski definition) is 4. The van der Waals surface area contributed by atoms with Crippen LogP contribution in [0.3, 0.4) is 0 Å². The molecule has 0 spiro atoms. The minimum atomic E-state index is -1.79. The van der Waals surface area contributed by atoms with E-state index < -0.39 is 38.4 Å². The maximum Gasteiger partial charge on any atom is 0.407 e. The SMILES string of the molecule is COC(=O)N[C@H](C(=O)N1CCC[C@H]1c1ncc(-c2ccc(-c3ccc(-c4ccc(-c5cnc([C@@H]6C[Si](C)(C)CN6C(=O)[C@@H](NC(=O)OC)C(C)OC)[nH]5)cc4)cc3)cc2)[nH]1)C(C)C. The van der Waals surface area contributed by atoms with Crippen molar-refractivity contribution in [2.75, 3.05) is 34.0 Å². The molecule has 7 rings (SSSR count). The van der Waals surface area contributed by atoms with Crippen LogP contribution in [0.2, 0.25) is 19.1 Å². The third-order valence-corrected chi connectivity index (χ3v) is 15.0. The van der Waals surface area contributed by atoms with E-state index in [2.05, 4.69) is 111 Å². The molecule has 2 aliphatic heterocycles. The lowest BCUT2D eigenvalue weighted by Crippen LogP contribution is -2.54. The van der Waals surface area contributed by atoms with Gasteiger partial charge in [0.05, 0.1) is 64.3 Å². The first-order chi connectivity index (χ1) is 30.2. The maximum absolute atomic E-state index is 13.9. The van der Waals surface area contributed by atoms with Gasteiger partial charge in [0.25, 0.3) is 0 Å². The number of ether oxygens (including phenoxy) is 3. The van der Waals surface area contributed by atoms with Crippen LogP contribution in [-0.2, 0) is 23.8 Å². The second kappa shape index (κ2) is 19.0. The zero-order chi connectivity index (χ0) is 45.0. The fourth-order valence-electron chi connectivity index (χ4n) is 8.66. The number of carbonyl (C=O) groups excluding carboxylic acids is 4. The number of nitrogens with one attached hydrogen (secondary N) is 4. The zero-order valence-electron chi connectivity index (χ0n) is 37.2. The highest BCUT2D eigenvalue weighted by Gasteiger charge is 2.46. The standard InChI is InChI=1S/C47H58N8O7Si/c1-28(2)40(52-46(58)61-5)44(56)54-23-9-10-38(54)42-48-24-36(50-42)34-19-15-32(16-20-34)30-11-13-31(14-12-30)33-17-21-35(22-18-33)37-25-49-43(51-37)39-26-63(7,8)27-55(39)45(57)41(29(3)60-4)53-47(59)62-6/h11-22,24-25,28-29,38-41H,9-10,23,26-27H2,1-8H3,(H,48,50)(H,49,51)(H,52,58)(H,53,59)/t29?,38-,39-,40-,41-/m0/s1. The molecule has 2 aliphatic rings. The Morgan fingerprint density at radius 2 is 1.08 bits per heavy atom. The number of methoxy groups -OCH3 is 3. The Labute approximate surface area is 369 Å². The van der Waals surface area contributed by atoms with Gasteiger partial charge in [0.2, 0.25) is 11.8 Å². The van der Waals surface area contributed by atoms with Crippen LogP contribution in [0, 0.1) is 5.92 Å². The zero-order valence-corrected chi connectivity index (χ0v) is 38.2. The second-order valence-corrected chi connectivity index (χ2v) is 22.6. The monoisotopic (exact) mass is 874 g/mol. The summed E-state index contributed by atoms with van der Waals surface area (Å²) < 4.78 is 15.0. The quantitative estimate of drug-likeness (QED) is 0.0860. The third-order valence-electron chi connectivity index (χ3n) is 12.3. The minimum absolute atomic E-state index is 0.105. The predicted molar refractivity (Wildman–Crippen MR) is 243 cm³/mol. The number of nitrogens with zero attached hydrogens (tertiary/aromatic N) is 4.